The molecule has 2 aromatic rings. The van der Waals surface area contributed by atoms with Gasteiger partial charge in [-0.3, -0.25) is 5.41 Å². The van der Waals surface area contributed by atoms with Gasteiger partial charge in [0.1, 0.15) is 12.2 Å². The molecule has 1 saturated heterocycles. The third-order valence-corrected chi connectivity index (χ3v) is 6.18. The summed E-state index contributed by atoms with van der Waals surface area (Å²) in [4.78, 5) is 19.0. The molecule has 0 bridgehead atoms. The Hall–Kier alpha value is -2.74. The van der Waals surface area contributed by atoms with Crippen LogP contribution in [0.4, 0.5) is 17.5 Å². The fraction of sp³-hybridized carbons (Fsp3) is 0.476. The lowest BCUT2D eigenvalue weighted by molar-refractivity contribution is 0.343. The number of rotatable bonds is 9. The number of hydrogen-bond acceptors (Lipinski definition) is 6. The lowest BCUT2D eigenvalue weighted by Crippen LogP contribution is -2.35. The molecule has 1 aliphatic carbocycles. The lowest BCUT2D eigenvalue weighted by Gasteiger charge is -2.32. The maximum atomic E-state index is 6.84. The second-order valence-corrected chi connectivity index (χ2v) is 8.32. The Morgan fingerprint density at radius 2 is 1.97 bits per heavy atom. The molecule has 1 aliphatic heterocycles. The van der Waals surface area contributed by atoms with E-state index >= 15 is 0 Å². The zero-order chi connectivity index (χ0) is 20.8. The van der Waals surface area contributed by atoms with Crippen molar-refractivity contribution in [2.75, 3.05) is 35.2 Å². The molecule has 158 valence electrons. The van der Waals surface area contributed by atoms with Crippen molar-refractivity contribution in [2.24, 2.45) is 22.7 Å². The Bertz CT molecular complexity index is 846. The number of nitrogens with one attached hydrogen (secondary N) is 3. The smallest absolute Gasteiger partial charge is 0.225 e. The topological polar surface area (TPSA) is 102 Å². The number of hydrogen-bond donors (Lipinski definition) is 3. The number of piperidine rings is 1. The van der Waals surface area contributed by atoms with E-state index in [2.05, 4.69) is 35.5 Å². The summed E-state index contributed by atoms with van der Waals surface area (Å²) in [6.07, 6.45) is 12.6. The van der Waals surface area contributed by atoms with E-state index in [0.29, 0.717) is 10.8 Å². The predicted molar refractivity (Wildman–Crippen MR) is 122 cm³/mol. The van der Waals surface area contributed by atoms with Crippen molar-refractivity contribution >= 4 is 41.7 Å². The molecule has 2 aliphatic rings. The van der Waals surface area contributed by atoms with Gasteiger partial charge in [-0.25, -0.2) is 19.9 Å². The summed E-state index contributed by atoms with van der Waals surface area (Å²) in [5.74, 6) is 4.05. The first-order valence-electron chi connectivity index (χ1n) is 10.4. The van der Waals surface area contributed by atoms with E-state index in [4.69, 9.17) is 17.0 Å². The summed E-state index contributed by atoms with van der Waals surface area (Å²) in [6.45, 7) is 3.04. The van der Waals surface area contributed by atoms with Gasteiger partial charge < -0.3 is 15.5 Å². The number of aromatic nitrogens is 3. The fourth-order valence-corrected chi connectivity index (χ4v) is 4.40. The van der Waals surface area contributed by atoms with Crippen molar-refractivity contribution in [1.82, 2.24) is 15.0 Å². The molecule has 0 radical (unpaired) electrons. The first kappa shape index (κ1) is 20.5. The average molecular weight is 427 g/mol. The van der Waals surface area contributed by atoms with Crippen LogP contribution in [0.15, 0.2) is 35.7 Å². The summed E-state index contributed by atoms with van der Waals surface area (Å²) in [5.41, 5.74) is 1.03. The highest BCUT2D eigenvalue weighted by atomic mass is 35.5. The number of nitrogens with zero attached hydrogens (tertiary/aromatic N) is 5. The van der Waals surface area contributed by atoms with Gasteiger partial charge in [0.2, 0.25) is 5.95 Å². The number of pyridine rings is 1. The molecule has 0 spiro atoms. The summed E-state index contributed by atoms with van der Waals surface area (Å²) in [6, 6.07) is 3.91. The van der Waals surface area contributed by atoms with Crippen LogP contribution in [-0.4, -0.2) is 47.3 Å². The highest BCUT2D eigenvalue weighted by Gasteiger charge is 2.43. The summed E-state index contributed by atoms with van der Waals surface area (Å²) < 4.78 is 0. The Labute approximate surface area is 181 Å². The van der Waals surface area contributed by atoms with Crippen molar-refractivity contribution in [3.05, 3.63) is 35.7 Å². The Morgan fingerprint density at radius 1 is 1.17 bits per heavy atom. The molecule has 3 N–H and O–H groups in total. The van der Waals surface area contributed by atoms with Crippen molar-refractivity contribution in [2.45, 2.75) is 25.7 Å². The molecule has 2 aromatic heterocycles. The van der Waals surface area contributed by atoms with Crippen molar-refractivity contribution < 1.29 is 0 Å². The van der Waals surface area contributed by atoms with E-state index in [1.165, 1.54) is 32.0 Å². The Morgan fingerprint density at radius 3 is 2.67 bits per heavy atom. The van der Waals surface area contributed by atoms with E-state index in [9.17, 15) is 0 Å². The quantitative estimate of drug-likeness (QED) is 0.414. The number of anilines is 3. The van der Waals surface area contributed by atoms with Crippen LogP contribution in [-0.2, 0) is 0 Å². The monoisotopic (exact) mass is 426 g/mol. The zero-order valence-electron chi connectivity index (χ0n) is 16.8. The van der Waals surface area contributed by atoms with Gasteiger partial charge in [0, 0.05) is 19.6 Å². The van der Waals surface area contributed by atoms with Gasteiger partial charge >= 0.3 is 0 Å². The fourth-order valence-electron chi connectivity index (χ4n) is 4.30. The van der Waals surface area contributed by atoms with Crippen LogP contribution >= 0.6 is 11.6 Å². The van der Waals surface area contributed by atoms with Crippen LogP contribution in [0.3, 0.4) is 0 Å². The summed E-state index contributed by atoms with van der Waals surface area (Å²) in [5, 5.41) is 13.8. The molecule has 8 nitrogen and oxygen atoms in total. The van der Waals surface area contributed by atoms with Gasteiger partial charge in [0.15, 0.2) is 0 Å². The van der Waals surface area contributed by atoms with Crippen LogP contribution < -0.4 is 15.5 Å². The van der Waals surface area contributed by atoms with Crippen LogP contribution in [0.25, 0.3) is 0 Å². The van der Waals surface area contributed by atoms with Gasteiger partial charge in [-0.1, -0.05) is 11.6 Å². The molecule has 3 heterocycles. The minimum absolute atomic E-state index is 0.583. The van der Waals surface area contributed by atoms with Crippen LogP contribution in [0, 0.1) is 23.2 Å². The predicted octanol–water partition coefficient (Wildman–Crippen LogP) is 3.93. The maximum Gasteiger partial charge on any atom is 0.225 e. The van der Waals surface area contributed by atoms with Crippen LogP contribution in [0.5, 0.6) is 0 Å². The molecule has 2 fully saturated rings. The van der Waals surface area contributed by atoms with Crippen molar-refractivity contribution in [1.29, 1.82) is 5.41 Å². The molecule has 2 atom stereocenters. The van der Waals surface area contributed by atoms with Gasteiger partial charge in [-0.15, -0.1) is 0 Å². The molecular formula is C21H27ClN8. The highest BCUT2D eigenvalue weighted by Crippen LogP contribution is 2.49. The van der Waals surface area contributed by atoms with E-state index in [1.54, 1.807) is 12.4 Å². The Balaban J connectivity index is 1.14. The highest BCUT2D eigenvalue weighted by molar-refractivity contribution is 6.30. The first-order chi connectivity index (χ1) is 14.7. The van der Waals surface area contributed by atoms with Crippen molar-refractivity contribution in [3.8, 4) is 0 Å². The Kier molecular flexibility index (Phi) is 6.74. The second kappa shape index (κ2) is 9.84. The largest absolute Gasteiger partial charge is 0.384 e. The molecular weight excluding hydrogens is 400 g/mol. The summed E-state index contributed by atoms with van der Waals surface area (Å²) in [7, 11) is 0. The SMILES string of the molecule is N=C/N=C\Nc1ccc(NCC[C@H]2C[C@@H]2C2CCN(c3ncc(Cl)cn3)CC2)cn1. The molecule has 9 heteroatoms. The van der Waals surface area contributed by atoms with Gasteiger partial charge in [-0.2, -0.15) is 0 Å². The molecule has 30 heavy (non-hydrogen) atoms. The van der Waals surface area contributed by atoms with E-state index in [1.807, 2.05) is 18.3 Å². The van der Waals surface area contributed by atoms with Crippen LogP contribution in [0.1, 0.15) is 25.7 Å². The van der Waals surface area contributed by atoms with Gasteiger partial charge in [-0.05, 0) is 55.6 Å². The standard InChI is InChI=1S/C21H27ClN8/c22-17-10-27-21(28-11-17)30-7-4-15(5-8-30)19-9-16(19)3-6-25-18-1-2-20(26-12-18)29-14-24-13-23/h1-2,10-16,19,25H,3-9H2,(H2,23,24,26,29)/t16-,19+/m0/s1. The number of aliphatic imine (C=N–C) groups is 1. The molecule has 0 unspecified atom stereocenters. The minimum Gasteiger partial charge on any atom is -0.384 e. The molecule has 0 aromatic carbocycles. The average Bonchev–Trinajstić information content (AvgIpc) is 3.55. The summed E-state index contributed by atoms with van der Waals surface area (Å²) >= 11 is 5.88. The van der Waals surface area contributed by atoms with Gasteiger partial charge in [0.05, 0.1) is 35.6 Å². The molecule has 4 rings (SSSR count). The van der Waals surface area contributed by atoms with Crippen molar-refractivity contribution in [3.63, 3.8) is 0 Å². The third kappa shape index (κ3) is 5.44. The number of halogens is 1. The second-order valence-electron chi connectivity index (χ2n) is 7.88. The van der Waals surface area contributed by atoms with E-state index in [0.717, 1.165) is 55.4 Å². The molecule has 0 amide bonds. The zero-order valence-corrected chi connectivity index (χ0v) is 17.6. The maximum absolute atomic E-state index is 6.84. The van der Waals surface area contributed by atoms with Crippen LogP contribution in [0.2, 0.25) is 5.02 Å². The van der Waals surface area contributed by atoms with E-state index in [-0.39, 0.29) is 0 Å². The molecule has 1 saturated carbocycles. The van der Waals surface area contributed by atoms with E-state index < -0.39 is 0 Å². The lowest BCUT2D eigenvalue weighted by atomic mass is 9.90. The normalized spacial score (nSPS) is 21.6. The third-order valence-electron chi connectivity index (χ3n) is 5.98. The first-order valence-corrected chi connectivity index (χ1v) is 10.8. The van der Waals surface area contributed by atoms with Gasteiger partial charge in [0.25, 0.3) is 0 Å². The minimum atomic E-state index is 0.583.